The zero-order chi connectivity index (χ0) is 20.7. The van der Waals surface area contributed by atoms with Crippen molar-refractivity contribution in [3.8, 4) is 0 Å². The van der Waals surface area contributed by atoms with E-state index in [1.54, 1.807) is 19.5 Å². The van der Waals surface area contributed by atoms with Crippen LogP contribution in [0.5, 0.6) is 0 Å². The van der Waals surface area contributed by atoms with Gasteiger partial charge in [-0.1, -0.05) is 12.1 Å². The number of anilines is 1. The highest BCUT2D eigenvalue weighted by atomic mass is 16.5. The standard InChI is InChI=1S/C24H26N4O2/c1-16-4-7-21(26-22(16)24(9-3-10-24)28-14-20(15-28)30-2)27-23(29)18-5-6-19-13-25-11-8-17(19)12-18/h4-8,11-13,20H,3,9-10,14-15H2,1-2H3,(H,26,27,29). The summed E-state index contributed by atoms with van der Waals surface area (Å²) >= 11 is 0. The lowest BCUT2D eigenvalue weighted by Gasteiger charge is -2.56. The summed E-state index contributed by atoms with van der Waals surface area (Å²) in [6.07, 6.45) is 7.26. The Labute approximate surface area is 176 Å². The van der Waals surface area contributed by atoms with Gasteiger partial charge in [-0.3, -0.25) is 14.7 Å². The SMILES string of the molecule is COC1CN(C2(c3nc(NC(=O)c4ccc5cnccc5c4)ccc3C)CCC2)C1. The number of likely N-dealkylation sites (tertiary alicyclic amines) is 1. The molecule has 1 amide bonds. The topological polar surface area (TPSA) is 67.3 Å². The maximum atomic E-state index is 12.9. The smallest absolute Gasteiger partial charge is 0.256 e. The molecule has 1 saturated carbocycles. The molecule has 2 aromatic heterocycles. The first-order valence-corrected chi connectivity index (χ1v) is 10.5. The van der Waals surface area contributed by atoms with Crippen molar-refractivity contribution in [3.05, 3.63) is 65.6 Å². The van der Waals surface area contributed by atoms with Crippen LogP contribution in [0, 0.1) is 6.92 Å². The highest BCUT2D eigenvalue weighted by Crippen LogP contribution is 2.49. The summed E-state index contributed by atoms with van der Waals surface area (Å²) in [6, 6.07) is 11.5. The highest BCUT2D eigenvalue weighted by Gasteiger charge is 2.50. The number of pyridine rings is 2. The van der Waals surface area contributed by atoms with Crippen LogP contribution in [0.1, 0.15) is 40.9 Å². The summed E-state index contributed by atoms with van der Waals surface area (Å²) < 4.78 is 5.48. The molecule has 1 aliphatic heterocycles. The number of nitrogens with one attached hydrogen (secondary N) is 1. The van der Waals surface area contributed by atoms with E-state index in [1.807, 2.05) is 30.3 Å². The van der Waals surface area contributed by atoms with E-state index >= 15 is 0 Å². The molecule has 1 saturated heterocycles. The van der Waals surface area contributed by atoms with Crippen LogP contribution in [0.25, 0.3) is 10.8 Å². The number of rotatable bonds is 5. The van der Waals surface area contributed by atoms with Gasteiger partial charge in [-0.15, -0.1) is 0 Å². The number of methoxy groups -OCH3 is 1. The third kappa shape index (κ3) is 3.16. The van der Waals surface area contributed by atoms with Crippen LogP contribution in [0.4, 0.5) is 5.82 Å². The number of hydrogen-bond donors (Lipinski definition) is 1. The number of fused-ring (bicyclic) bond motifs is 1. The maximum absolute atomic E-state index is 12.9. The molecule has 5 rings (SSSR count). The number of aryl methyl sites for hydroxylation is 1. The monoisotopic (exact) mass is 402 g/mol. The first kappa shape index (κ1) is 19.2. The Kier molecular flexibility index (Phi) is 4.76. The molecule has 0 spiro atoms. The van der Waals surface area contributed by atoms with Gasteiger partial charge in [0.1, 0.15) is 5.82 Å². The van der Waals surface area contributed by atoms with E-state index in [2.05, 4.69) is 28.2 Å². The van der Waals surface area contributed by atoms with Gasteiger partial charge in [-0.25, -0.2) is 4.98 Å². The molecule has 3 aromatic rings. The van der Waals surface area contributed by atoms with Crippen LogP contribution in [0.15, 0.2) is 48.8 Å². The normalized spacial score (nSPS) is 18.6. The third-order valence-electron chi connectivity index (χ3n) is 6.65. The average molecular weight is 402 g/mol. The summed E-state index contributed by atoms with van der Waals surface area (Å²) in [5.74, 6) is 0.451. The lowest BCUT2D eigenvalue weighted by Crippen LogP contribution is -2.64. The molecule has 0 bridgehead atoms. The zero-order valence-corrected chi connectivity index (χ0v) is 17.4. The molecule has 6 heteroatoms. The highest BCUT2D eigenvalue weighted by molar-refractivity contribution is 6.06. The fraction of sp³-hybridized carbons (Fsp3) is 0.375. The molecule has 0 atom stereocenters. The van der Waals surface area contributed by atoms with Gasteiger partial charge < -0.3 is 10.1 Å². The Balaban J connectivity index is 1.39. The third-order valence-corrected chi connectivity index (χ3v) is 6.65. The second kappa shape index (κ2) is 7.45. The van der Waals surface area contributed by atoms with E-state index in [0.717, 1.165) is 42.4 Å². The molecule has 0 radical (unpaired) electrons. The van der Waals surface area contributed by atoms with Crippen LogP contribution >= 0.6 is 0 Å². The van der Waals surface area contributed by atoms with Crippen molar-refractivity contribution < 1.29 is 9.53 Å². The predicted octanol–water partition coefficient (Wildman–Crippen LogP) is 3.90. The van der Waals surface area contributed by atoms with Gasteiger partial charge in [-0.2, -0.15) is 0 Å². The number of amides is 1. The molecule has 3 heterocycles. The number of nitrogens with zero attached hydrogens (tertiary/aromatic N) is 3. The number of aromatic nitrogens is 2. The number of benzene rings is 1. The van der Waals surface area contributed by atoms with Gasteiger partial charge in [0.25, 0.3) is 5.91 Å². The second-order valence-corrected chi connectivity index (χ2v) is 8.40. The molecule has 2 aliphatic rings. The summed E-state index contributed by atoms with van der Waals surface area (Å²) in [5.41, 5.74) is 2.86. The van der Waals surface area contributed by atoms with Gasteiger partial charge >= 0.3 is 0 Å². The van der Waals surface area contributed by atoms with Crippen molar-refractivity contribution in [3.63, 3.8) is 0 Å². The Hall–Kier alpha value is -2.83. The van der Waals surface area contributed by atoms with Gasteiger partial charge in [0.2, 0.25) is 0 Å². The van der Waals surface area contributed by atoms with Gasteiger partial charge in [0, 0.05) is 43.5 Å². The molecule has 154 valence electrons. The molecule has 6 nitrogen and oxygen atoms in total. The molecule has 1 N–H and O–H groups in total. The minimum atomic E-state index is -0.151. The van der Waals surface area contributed by atoms with Crippen molar-refractivity contribution in [2.75, 3.05) is 25.5 Å². The first-order chi connectivity index (χ1) is 14.6. The Morgan fingerprint density at radius 3 is 2.73 bits per heavy atom. The zero-order valence-electron chi connectivity index (χ0n) is 17.4. The molecular formula is C24H26N4O2. The molecular weight excluding hydrogens is 376 g/mol. The van der Waals surface area contributed by atoms with E-state index in [9.17, 15) is 4.79 Å². The molecule has 0 unspecified atom stereocenters. The van der Waals surface area contributed by atoms with E-state index < -0.39 is 0 Å². The van der Waals surface area contributed by atoms with E-state index in [1.165, 1.54) is 12.0 Å². The average Bonchev–Trinajstić information content (AvgIpc) is 2.70. The second-order valence-electron chi connectivity index (χ2n) is 8.40. The number of ether oxygens (including phenoxy) is 1. The minimum Gasteiger partial charge on any atom is -0.379 e. The number of hydrogen-bond acceptors (Lipinski definition) is 5. The first-order valence-electron chi connectivity index (χ1n) is 10.5. The van der Waals surface area contributed by atoms with Gasteiger partial charge in [0.05, 0.1) is 17.3 Å². The number of carbonyl (C=O) groups excluding carboxylic acids is 1. The summed E-state index contributed by atoms with van der Waals surface area (Å²) in [5, 5.41) is 5.01. The van der Waals surface area contributed by atoms with E-state index in [0.29, 0.717) is 17.5 Å². The molecule has 30 heavy (non-hydrogen) atoms. The van der Waals surface area contributed by atoms with Crippen molar-refractivity contribution in [1.82, 2.24) is 14.9 Å². The van der Waals surface area contributed by atoms with Crippen LogP contribution < -0.4 is 5.32 Å². The Morgan fingerprint density at radius 2 is 2.00 bits per heavy atom. The summed E-state index contributed by atoms with van der Waals surface area (Å²) in [6.45, 7) is 4.00. The van der Waals surface area contributed by atoms with Crippen LogP contribution in [-0.4, -0.2) is 47.1 Å². The van der Waals surface area contributed by atoms with Crippen molar-refractivity contribution in [2.45, 2.75) is 37.8 Å². The summed E-state index contributed by atoms with van der Waals surface area (Å²) in [4.78, 5) is 24.4. The van der Waals surface area contributed by atoms with Crippen LogP contribution in [0.3, 0.4) is 0 Å². The lowest BCUT2D eigenvalue weighted by molar-refractivity contribution is -0.118. The Morgan fingerprint density at radius 1 is 1.17 bits per heavy atom. The van der Waals surface area contributed by atoms with Crippen LogP contribution in [-0.2, 0) is 10.3 Å². The van der Waals surface area contributed by atoms with Gasteiger partial charge in [0.15, 0.2) is 0 Å². The van der Waals surface area contributed by atoms with E-state index in [-0.39, 0.29) is 11.4 Å². The Bertz CT molecular complexity index is 1100. The fourth-order valence-electron chi connectivity index (χ4n) is 4.63. The van der Waals surface area contributed by atoms with Crippen LogP contribution in [0.2, 0.25) is 0 Å². The maximum Gasteiger partial charge on any atom is 0.256 e. The van der Waals surface area contributed by atoms with Crippen molar-refractivity contribution in [2.24, 2.45) is 0 Å². The molecule has 1 aliphatic carbocycles. The minimum absolute atomic E-state index is 0.0181. The molecule has 1 aromatic carbocycles. The van der Waals surface area contributed by atoms with Crippen molar-refractivity contribution in [1.29, 1.82) is 0 Å². The molecule has 2 fully saturated rings. The van der Waals surface area contributed by atoms with Gasteiger partial charge in [-0.05, 0) is 61.4 Å². The van der Waals surface area contributed by atoms with E-state index in [4.69, 9.17) is 9.72 Å². The quantitative estimate of drug-likeness (QED) is 0.701. The largest absolute Gasteiger partial charge is 0.379 e. The summed E-state index contributed by atoms with van der Waals surface area (Å²) in [7, 11) is 1.78. The predicted molar refractivity (Wildman–Crippen MR) is 117 cm³/mol. The number of carbonyl (C=O) groups is 1. The van der Waals surface area contributed by atoms with Crippen molar-refractivity contribution >= 4 is 22.5 Å². The fourth-order valence-corrected chi connectivity index (χ4v) is 4.63. The lowest BCUT2D eigenvalue weighted by atomic mass is 9.70.